The molecule has 0 atom stereocenters. The van der Waals surface area contributed by atoms with Gasteiger partial charge in [-0.25, -0.2) is 0 Å². The molecule has 0 aliphatic heterocycles. The normalized spacial score (nSPS) is 10.1. The van der Waals surface area contributed by atoms with Crippen LogP contribution in [0.15, 0.2) is 46.9 Å². The first kappa shape index (κ1) is 14.4. The van der Waals surface area contributed by atoms with Gasteiger partial charge < -0.3 is 15.2 Å². The van der Waals surface area contributed by atoms with Crippen molar-refractivity contribution in [2.24, 2.45) is 5.73 Å². The van der Waals surface area contributed by atoms with Gasteiger partial charge in [0.15, 0.2) is 0 Å². The molecule has 0 amide bonds. The molecule has 0 heterocycles. The molecule has 0 fully saturated rings. The van der Waals surface area contributed by atoms with Crippen LogP contribution in [-0.2, 0) is 6.61 Å². The molecule has 0 saturated carbocycles. The highest BCUT2D eigenvalue weighted by Gasteiger charge is 2.03. The van der Waals surface area contributed by atoms with Gasteiger partial charge in [0.25, 0.3) is 0 Å². The van der Waals surface area contributed by atoms with Crippen LogP contribution in [-0.4, -0.2) is 12.9 Å². The fourth-order valence-corrected chi connectivity index (χ4v) is 2.31. The molecule has 20 heavy (non-hydrogen) atoms. The minimum absolute atomic E-state index is 0.0302. The zero-order chi connectivity index (χ0) is 14.5. The van der Waals surface area contributed by atoms with Crippen molar-refractivity contribution >= 4 is 21.8 Å². The monoisotopic (exact) mass is 334 g/mol. The predicted octanol–water partition coefficient (Wildman–Crippen LogP) is 3.32. The zero-order valence-electron chi connectivity index (χ0n) is 11.0. The first-order valence-corrected chi connectivity index (χ1v) is 6.79. The number of hydrogen-bond donors (Lipinski definition) is 2. The number of methoxy groups -OCH3 is 1. The summed E-state index contributed by atoms with van der Waals surface area (Å²) in [6.07, 6.45) is 0. The van der Waals surface area contributed by atoms with Gasteiger partial charge in [0.05, 0.1) is 11.6 Å². The quantitative estimate of drug-likeness (QED) is 0.651. The molecule has 0 aliphatic carbocycles. The topological polar surface area (TPSA) is 68.3 Å². The van der Waals surface area contributed by atoms with E-state index in [2.05, 4.69) is 15.9 Å². The second-order valence-electron chi connectivity index (χ2n) is 4.20. The van der Waals surface area contributed by atoms with Crippen LogP contribution in [0.2, 0.25) is 0 Å². The van der Waals surface area contributed by atoms with E-state index in [1.807, 2.05) is 30.3 Å². The van der Waals surface area contributed by atoms with Crippen molar-refractivity contribution in [3.8, 4) is 11.5 Å². The third kappa shape index (κ3) is 3.51. The Balaban J connectivity index is 2.07. The summed E-state index contributed by atoms with van der Waals surface area (Å²) < 4.78 is 11.8. The summed E-state index contributed by atoms with van der Waals surface area (Å²) >= 11 is 3.44. The van der Waals surface area contributed by atoms with Crippen LogP contribution in [0.4, 0.5) is 0 Å². The molecule has 0 saturated heterocycles. The van der Waals surface area contributed by atoms with Crippen molar-refractivity contribution in [3.63, 3.8) is 0 Å². The Labute approximate surface area is 126 Å². The van der Waals surface area contributed by atoms with Crippen LogP contribution < -0.4 is 15.2 Å². The van der Waals surface area contributed by atoms with Crippen molar-refractivity contribution < 1.29 is 9.47 Å². The van der Waals surface area contributed by atoms with Gasteiger partial charge in [-0.3, -0.25) is 5.41 Å². The van der Waals surface area contributed by atoms with E-state index in [-0.39, 0.29) is 5.84 Å². The van der Waals surface area contributed by atoms with E-state index in [1.54, 1.807) is 19.2 Å². The molecular weight excluding hydrogens is 320 g/mol. The average Bonchev–Trinajstić information content (AvgIpc) is 2.45. The lowest BCUT2D eigenvalue weighted by atomic mass is 10.2. The maximum absolute atomic E-state index is 7.40. The van der Waals surface area contributed by atoms with Crippen molar-refractivity contribution in [1.82, 2.24) is 0 Å². The summed E-state index contributed by atoms with van der Waals surface area (Å²) in [7, 11) is 1.63. The molecule has 0 radical (unpaired) electrons. The van der Waals surface area contributed by atoms with Crippen LogP contribution in [0.3, 0.4) is 0 Å². The molecule has 3 N–H and O–H groups in total. The van der Waals surface area contributed by atoms with E-state index in [4.69, 9.17) is 20.6 Å². The Hall–Kier alpha value is -2.01. The first-order valence-electron chi connectivity index (χ1n) is 6.00. The fraction of sp³-hybridized carbons (Fsp3) is 0.133. The van der Waals surface area contributed by atoms with Gasteiger partial charge in [0.1, 0.15) is 23.9 Å². The molecule has 104 valence electrons. The summed E-state index contributed by atoms with van der Waals surface area (Å²) in [5.74, 6) is 1.50. The third-order valence-electron chi connectivity index (χ3n) is 2.77. The van der Waals surface area contributed by atoms with Crippen molar-refractivity contribution in [1.29, 1.82) is 5.41 Å². The number of halogens is 1. The number of amidine groups is 1. The average molecular weight is 335 g/mol. The highest BCUT2D eigenvalue weighted by molar-refractivity contribution is 9.10. The van der Waals surface area contributed by atoms with E-state index in [0.717, 1.165) is 15.8 Å². The largest absolute Gasteiger partial charge is 0.496 e. The van der Waals surface area contributed by atoms with Crippen LogP contribution in [0, 0.1) is 5.41 Å². The molecule has 0 aliphatic rings. The second kappa shape index (κ2) is 6.43. The number of rotatable bonds is 5. The lowest BCUT2D eigenvalue weighted by Gasteiger charge is -2.09. The molecule has 0 spiro atoms. The smallest absolute Gasteiger partial charge is 0.133 e. The predicted molar refractivity (Wildman–Crippen MR) is 82.5 cm³/mol. The number of nitrogens with one attached hydrogen (secondary N) is 1. The molecule has 2 aromatic rings. The summed E-state index contributed by atoms with van der Waals surface area (Å²) in [6.45, 7) is 0.434. The third-order valence-corrected chi connectivity index (χ3v) is 3.39. The van der Waals surface area contributed by atoms with Crippen molar-refractivity contribution in [2.45, 2.75) is 6.61 Å². The van der Waals surface area contributed by atoms with Crippen molar-refractivity contribution in [3.05, 3.63) is 58.1 Å². The minimum atomic E-state index is 0.0302. The van der Waals surface area contributed by atoms with E-state index in [0.29, 0.717) is 17.9 Å². The number of hydrogen-bond acceptors (Lipinski definition) is 3. The Morgan fingerprint density at radius 2 is 2.05 bits per heavy atom. The van der Waals surface area contributed by atoms with Crippen molar-refractivity contribution in [2.75, 3.05) is 7.11 Å². The van der Waals surface area contributed by atoms with Gasteiger partial charge in [-0.2, -0.15) is 0 Å². The fourth-order valence-electron chi connectivity index (χ4n) is 1.72. The van der Waals surface area contributed by atoms with Crippen LogP contribution in [0.5, 0.6) is 11.5 Å². The van der Waals surface area contributed by atoms with Crippen LogP contribution in [0.1, 0.15) is 11.1 Å². The summed E-state index contributed by atoms with van der Waals surface area (Å²) in [6, 6.07) is 13.0. The Morgan fingerprint density at radius 3 is 2.70 bits per heavy atom. The Morgan fingerprint density at radius 1 is 1.25 bits per heavy atom. The van der Waals surface area contributed by atoms with E-state index in [9.17, 15) is 0 Å². The lowest BCUT2D eigenvalue weighted by molar-refractivity contribution is 0.306. The maximum atomic E-state index is 7.40. The Bertz CT molecular complexity index is 629. The molecule has 0 bridgehead atoms. The molecular formula is C15H15BrN2O2. The molecule has 5 heteroatoms. The van der Waals surface area contributed by atoms with Crippen LogP contribution in [0.25, 0.3) is 0 Å². The SMILES string of the molecule is COc1ccc(COc2cccc(C(=N)N)c2)cc1Br. The highest BCUT2D eigenvalue weighted by atomic mass is 79.9. The summed E-state index contributed by atoms with van der Waals surface area (Å²) in [5, 5.41) is 7.40. The van der Waals surface area contributed by atoms with E-state index in [1.165, 1.54) is 0 Å². The first-order chi connectivity index (χ1) is 9.60. The van der Waals surface area contributed by atoms with Gasteiger partial charge in [-0.15, -0.1) is 0 Å². The molecule has 0 unspecified atom stereocenters. The molecule has 0 aromatic heterocycles. The van der Waals surface area contributed by atoms with Gasteiger partial charge in [-0.05, 0) is 45.8 Å². The maximum Gasteiger partial charge on any atom is 0.133 e. The highest BCUT2D eigenvalue weighted by Crippen LogP contribution is 2.26. The number of ether oxygens (including phenoxy) is 2. The Kier molecular flexibility index (Phi) is 4.63. The lowest BCUT2D eigenvalue weighted by Crippen LogP contribution is -2.10. The molecule has 2 aromatic carbocycles. The van der Waals surface area contributed by atoms with E-state index >= 15 is 0 Å². The van der Waals surface area contributed by atoms with Gasteiger partial charge >= 0.3 is 0 Å². The second-order valence-corrected chi connectivity index (χ2v) is 5.05. The van der Waals surface area contributed by atoms with Gasteiger partial charge in [0, 0.05) is 5.56 Å². The molecule has 2 rings (SSSR count). The van der Waals surface area contributed by atoms with Gasteiger partial charge in [-0.1, -0.05) is 18.2 Å². The standard InChI is InChI=1S/C15H15BrN2O2/c1-19-14-6-5-10(7-13(14)16)9-20-12-4-2-3-11(8-12)15(17)18/h2-8H,9H2,1H3,(H3,17,18). The number of benzene rings is 2. The van der Waals surface area contributed by atoms with Gasteiger partial charge in [0.2, 0.25) is 0 Å². The van der Waals surface area contributed by atoms with E-state index < -0.39 is 0 Å². The number of nitrogens with two attached hydrogens (primary N) is 1. The zero-order valence-corrected chi connectivity index (χ0v) is 12.6. The minimum Gasteiger partial charge on any atom is -0.496 e. The molecule has 4 nitrogen and oxygen atoms in total. The van der Waals surface area contributed by atoms with Crippen LogP contribution >= 0.6 is 15.9 Å². The summed E-state index contributed by atoms with van der Waals surface area (Å²) in [4.78, 5) is 0. The number of nitrogen functional groups attached to an aromatic ring is 1. The summed E-state index contributed by atoms with van der Waals surface area (Å²) in [5.41, 5.74) is 7.12.